The molecule has 0 bridgehead atoms. The molecule has 5 nitrogen and oxygen atoms in total. The molecule has 1 aliphatic heterocycles. The van der Waals surface area contributed by atoms with E-state index >= 15 is 4.39 Å². The molecule has 3 aromatic rings. The molecule has 4 rings (SSSR count). The highest BCUT2D eigenvalue weighted by molar-refractivity contribution is 5.85. The van der Waals surface area contributed by atoms with Crippen LogP contribution in [0.2, 0.25) is 0 Å². The Hall–Kier alpha value is -2.98. The van der Waals surface area contributed by atoms with E-state index in [0.717, 1.165) is 0 Å². The van der Waals surface area contributed by atoms with Crippen LogP contribution >= 0.6 is 0 Å². The molecule has 1 atom stereocenters. The summed E-state index contributed by atoms with van der Waals surface area (Å²) in [6.45, 7) is 1.06. The minimum absolute atomic E-state index is 0.0985. The highest BCUT2D eigenvalue weighted by Gasteiger charge is 2.35. The Morgan fingerprint density at radius 1 is 1.13 bits per heavy atom. The van der Waals surface area contributed by atoms with Gasteiger partial charge in [-0.1, -0.05) is 0 Å². The van der Waals surface area contributed by atoms with Crippen molar-refractivity contribution in [3.8, 4) is 5.75 Å². The smallest absolute Gasteiger partial charge is 0.152 e. The normalized spacial score (nSPS) is 16.5. The number of aliphatic hydroxyl groups is 1. The fourth-order valence-corrected chi connectivity index (χ4v) is 5.20. The van der Waals surface area contributed by atoms with Crippen molar-refractivity contribution < 1.29 is 31.8 Å². The fourth-order valence-electron chi connectivity index (χ4n) is 5.20. The predicted molar refractivity (Wildman–Crippen MR) is 136 cm³/mol. The van der Waals surface area contributed by atoms with Gasteiger partial charge in [0.05, 0.1) is 12.6 Å². The lowest BCUT2D eigenvalue weighted by molar-refractivity contribution is 0.0315. The molecule has 0 saturated carbocycles. The number of aliphatic hydroxyl groups excluding tert-OH is 1. The van der Waals surface area contributed by atoms with Gasteiger partial charge in [-0.05, 0) is 62.4 Å². The summed E-state index contributed by atoms with van der Waals surface area (Å²) >= 11 is 0. The van der Waals surface area contributed by atoms with Crippen molar-refractivity contribution in [3.63, 3.8) is 0 Å². The predicted octanol–water partition coefficient (Wildman–Crippen LogP) is 6.11. The van der Waals surface area contributed by atoms with Gasteiger partial charge in [0.25, 0.3) is 0 Å². The van der Waals surface area contributed by atoms with Crippen LogP contribution in [0.15, 0.2) is 36.5 Å². The lowest BCUT2D eigenvalue weighted by Gasteiger charge is -2.41. The average Bonchev–Trinajstić information content (AvgIpc) is 2.92. The summed E-state index contributed by atoms with van der Waals surface area (Å²) in [4.78, 5) is 6.34. The number of fused-ring (bicyclic) bond motifs is 1. The van der Waals surface area contributed by atoms with Gasteiger partial charge in [-0.15, -0.1) is 0 Å². The van der Waals surface area contributed by atoms with Crippen LogP contribution in [-0.4, -0.2) is 54.9 Å². The lowest BCUT2D eigenvalue weighted by Crippen LogP contribution is -2.43. The first-order valence-corrected chi connectivity index (χ1v) is 12.7. The Morgan fingerprint density at radius 2 is 1.84 bits per heavy atom. The van der Waals surface area contributed by atoms with E-state index in [2.05, 4.69) is 15.2 Å². The van der Waals surface area contributed by atoms with Crippen molar-refractivity contribution >= 4 is 16.6 Å². The van der Waals surface area contributed by atoms with E-state index in [-0.39, 0.29) is 36.4 Å². The lowest BCUT2D eigenvalue weighted by atomic mass is 9.74. The number of hydrogen-bond acceptors (Lipinski definition) is 5. The van der Waals surface area contributed by atoms with Crippen LogP contribution in [0.4, 0.5) is 27.6 Å². The van der Waals surface area contributed by atoms with Gasteiger partial charge < -0.3 is 20.1 Å². The first-order chi connectivity index (χ1) is 18.3. The standard InChI is InChI=1S/C28H32F5N3O2/c1-38-20-2-3-25-21(14-20)26(18(15-29)16-35-25)22(31)4-5-28(17-37)6-9-36(10-7-28)11-8-34-27-23(32)12-19(30)13-24(27)33/h2-3,12-14,16,22,34,37H,4-11,15,17H2,1H3. The maximum absolute atomic E-state index is 15.7. The summed E-state index contributed by atoms with van der Waals surface area (Å²) in [5.41, 5.74) is 0.191. The molecule has 38 heavy (non-hydrogen) atoms. The van der Waals surface area contributed by atoms with Gasteiger partial charge in [-0.3, -0.25) is 4.98 Å². The number of nitrogens with one attached hydrogen (secondary N) is 1. The number of ether oxygens (including phenoxy) is 1. The van der Waals surface area contributed by atoms with Crippen LogP contribution in [0, 0.1) is 22.9 Å². The Balaban J connectivity index is 1.35. The maximum Gasteiger partial charge on any atom is 0.152 e. The number of anilines is 1. The van der Waals surface area contributed by atoms with Gasteiger partial charge in [-0.25, -0.2) is 22.0 Å². The van der Waals surface area contributed by atoms with Crippen LogP contribution in [0.3, 0.4) is 0 Å². The monoisotopic (exact) mass is 537 g/mol. The highest BCUT2D eigenvalue weighted by Crippen LogP contribution is 2.41. The Morgan fingerprint density at radius 3 is 2.47 bits per heavy atom. The molecule has 2 N–H and O–H groups in total. The van der Waals surface area contributed by atoms with E-state index in [4.69, 9.17) is 4.74 Å². The van der Waals surface area contributed by atoms with Crippen molar-refractivity contribution in [2.24, 2.45) is 5.41 Å². The molecule has 0 spiro atoms. The van der Waals surface area contributed by atoms with Crippen LogP contribution < -0.4 is 10.1 Å². The Labute approximate surface area is 218 Å². The summed E-state index contributed by atoms with van der Waals surface area (Å²) in [6, 6.07) is 6.36. The van der Waals surface area contributed by atoms with Crippen LogP contribution in [0.5, 0.6) is 5.75 Å². The van der Waals surface area contributed by atoms with E-state index in [1.807, 2.05) is 0 Å². The number of piperidine rings is 1. The van der Waals surface area contributed by atoms with Crippen molar-refractivity contribution in [1.29, 1.82) is 0 Å². The number of likely N-dealkylation sites (tertiary alicyclic amines) is 1. The molecule has 2 heterocycles. The van der Waals surface area contributed by atoms with Gasteiger partial charge >= 0.3 is 0 Å². The Bertz CT molecular complexity index is 1220. The average molecular weight is 538 g/mol. The molecule has 0 aliphatic carbocycles. The van der Waals surface area contributed by atoms with E-state index in [1.165, 1.54) is 13.3 Å². The second-order valence-corrected chi connectivity index (χ2v) is 9.89. The number of nitrogens with zero attached hydrogens (tertiary/aromatic N) is 2. The number of halogens is 5. The molecular weight excluding hydrogens is 505 g/mol. The summed E-state index contributed by atoms with van der Waals surface area (Å²) < 4.78 is 75.4. The molecule has 0 radical (unpaired) electrons. The quantitative estimate of drug-likeness (QED) is 0.289. The maximum atomic E-state index is 15.7. The summed E-state index contributed by atoms with van der Waals surface area (Å²) in [6.07, 6.45) is 1.71. The number of benzene rings is 2. The molecule has 1 saturated heterocycles. The van der Waals surface area contributed by atoms with Crippen LogP contribution in [0.1, 0.15) is 43.0 Å². The van der Waals surface area contributed by atoms with Gasteiger partial charge in [0.1, 0.15) is 30.1 Å². The molecule has 10 heteroatoms. The van der Waals surface area contributed by atoms with E-state index in [9.17, 15) is 22.7 Å². The SMILES string of the molecule is COc1ccc2ncc(CF)c(C(F)CCC3(CO)CCN(CCNc4c(F)cc(F)cc4F)CC3)c2c1. The minimum Gasteiger partial charge on any atom is -0.497 e. The fraction of sp³-hybridized carbons (Fsp3) is 0.464. The van der Waals surface area contributed by atoms with Crippen molar-refractivity contribution in [2.45, 2.75) is 38.5 Å². The van der Waals surface area contributed by atoms with Crippen LogP contribution in [-0.2, 0) is 6.67 Å². The van der Waals surface area contributed by atoms with Crippen molar-refractivity contribution in [3.05, 3.63) is 65.1 Å². The third kappa shape index (κ3) is 6.18. The zero-order valence-corrected chi connectivity index (χ0v) is 21.3. The third-order valence-electron chi connectivity index (χ3n) is 7.57. The molecule has 1 aliphatic rings. The topological polar surface area (TPSA) is 57.6 Å². The second kappa shape index (κ2) is 12.3. The first kappa shape index (κ1) is 28.0. The van der Waals surface area contributed by atoms with Crippen molar-refractivity contribution in [1.82, 2.24) is 9.88 Å². The highest BCUT2D eigenvalue weighted by atomic mass is 19.2. The molecule has 206 valence electrons. The van der Waals surface area contributed by atoms with Crippen LogP contribution in [0.25, 0.3) is 10.9 Å². The minimum atomic E-state index is -1.44. The van der Waals surface area contributed by atoms with Crippen molar-refractivity contribution in [2.75, 3.05) is 45.2 Å². The largest absolute Gasteiger partial charge is 0.497 e. The van der Waals surface area contributed by atoms with Gasteiger partial charge in [-0.2, -0.15) is 0 Å². The van der Waals surface area contributed by atoms with E-state index in [0.29, 0.717) is 67.7 Å². The third-order valence-corrected chi connectivity index (χ3v) is 7.57. The molecule has 1 unspecified atom stereocenters. The zero-order chi connectivity index (χ0) is 27.3. The molecule has 1 fully saturated rings. The first-order valence-electron chi connectivity index (χ1n) is 12.7. The van der Waals surface area contributed by atoms with E-state index in [1.54, 1.807) is 18.2 Å². The van der Waals surface area contributed by atoms with Gasteiger partial charge in [0.2, 0.25) is 0 Å². The second-order valence-electron chi connectivity index (χ2n) is 9.89. The van der Waals surface area contributed by atoms with Gasteiger partial charge in [0.15, 0.2) is 11.6 Å². The number of pyridine rings is 1. The van der Waals surface area contributed by atoms with Gasteiger partial charge in [0, 0.05) is 54.5 Å². The molecule has 1 aromatic heterocycles. The number of aromatic nitrogens is 1. The summed E-state index contributed by atoms with van der Waals surface area (Å²) in [5.74, 6) is -2.42. The van der Waals surface area contributed by atoms with E-state index < -0.39 is 35.7 Å². The summed E-state index contributed by atoms with van der Waals surface area (Å²) in [5, 5.41) is 13.4. The molecule has 0 amide bonds. The number of methoxy groups -OCH3 is 1. The number of hydrogen-bond donors (Lipinski definition) is 2. The molecular formula is C28H32F5N3O2. The zero-order valence-electron chi connectivity index (χ0n) is 21.3. The summed E-state index contributed by atoms with van der Waals surface area (Å²) in [7, 11) is 1.51. The number of rotatable bonds is 11. The molecule has 2 aromatic carbocycles. The Kier molecular flexibility index (Phi) is 9.04. The number of alkyl halides is 2.